The second kappa shape index (κ2) is 7.36. The van der Waals surface area contributed by atoms with Gasteiger partial charge in [-0.05, 0) is 47.9 Å². The number of pyridine rings is 1. The standard InChI is InChI=1S/C21H29N3O/c1-13-6-8-15(9-7-13)20-16(10-19(23)25)14(2)24-18(17(20)12-22)11-21(3,4)5/h6-9H,10-12,22H2,1-5H3,(H2,23,25). The van der Waals surface area contributed by atoms with Crippen molar-refractivity contribution in [3.05, 3.63) is 52.3 Å². The van der Waals surface area contributed by atoms with Crippen LogP contribution in [0.1, 0.15) is 48.8 Å². The van der Waals surface area contributed by atoms with Gasteiger partial charge in [0, 0.05) is 17.9 Å². The van der Waals surface area contributed by atoms with Gasteiger partial charge in [-0.25, -0.2) is 0 Å². The average Bonchev–Trinajstić information content (AvgIpc) is 2.48. The zero-order valence-corrected chi connectivity index (χ0v) is 15.9. The van der Waals surface area contributed by atoms with Crippen LogP contribution in [0.25, 0.3) is 11.1 Å². The Balaban J connectivity index is 2.77. The molecule has 0 aliphatic carbocycles. The smallest absolute Gasteiger partial charge is 0.221 e. The van der Waals surface area contributed by atoms with Crippen LogP contribution in [0.5, 0.6) is 0 Å². The molecule has 4 N–H and O–H groups in total. The quantitative estimate of drug-likeness (QED) is 0.875. The molecular formula is C21H29N3O. The molecule has 0 fully saturated rings. The van der Waals surface area contributed by atoms with Crippen LogP contribution in [0.4, 0.5) is 0 Å². The van der Waals surface area contributed by atoms with E-state index in [4.69, 9.17) is 16.5 Å². The molecule has 1 heterocycles. The van der Waals surface area contributed by atoms with Gasteiger partial charge in [0.1, 0.15) is 0 Å². The van der Waals surface area contributed by atoms with Crippen LogP contribution < -0.4 is 11.5 Å². The third-order valence-corrected chi connectivity index (χ3v) is 4.28. The van der Waals surface area contributed by atoms with Gasteiger partial charge in [-0.1, -0.05) is 50.6 Å². The number of hydrogen-bond acceptors (Lipinski definition) is 3. The van der Waals surface area contributed by atoms with E-state index in [2.05, 4.69) is 52.0 Å². The first-order valence-electron chi connectivity index (χ1n) is 8.69. The topological polar surface area (TPSA) is 82.0 Å². The molecule has 0 bridgehead atoms. The van der Waals surface area contributed by atoms with Crippen molar-refractivity contribution in [3.63, 3.8) is 0 Å². The number of hydrogen-bond donors (Lipinski definition) is 2. The molecule has 0 aliphatic rings. The predicted octanol–water partition coefficient (Wildman–Crippen LogP) is 3.44. The van der Waals surface area contributed by atoms with Gasteiger partial charge in [-0.15, -0.1) is 0 Å². The number of benzene rings is 1. The minimum atomic E-state index is -0.357. The van der Waals surface area contributed by atoms with Crippen LogP contribution in [-0.4, -0.2) is 10.9 Å². The number of carbonyl (C=O) groups excluding carboxylic acids is 1. The molecular weight excluding hydrogens is 310 g/mol. The highest BCUT2D eigenvalue weighted by Gasteiger charge is 2.22. The molecule has 0 unspecified atom stereocenters. The molecule has 0 saturated heterocycles. The second-order valence-electron chi connectivity index (χ2n) is 7.93. The second-order valence-corrected chi connectivity index (χ2v) is 7.93. The van der Waals surface area contributed by atoms with Crippen molar-refractivity contribution in [2.24, 2.45) is 16.9 Å². The summed E-state index contributed by atoms with van der Waals surface area (Å²) in [5, 5.41) is 0. The van der Waals surface area contributed by atoms with E-state index in [-0.39, 0.29) is 17.7 Å². The molecule has 25 heavy (non-hydrogen) atoms. The molecule has 2 rings (SSSR count). The van der Waals surface area contributed by atoms with Crippen molar-refractivity contribution in [2.45, 2.75) is 54.0 Å². The minimum absolute atomic E-state index is 0.0963. The molecule has 0 atom stereocenters. The normalized spacial score (nSPS) is 11.6. The van der Waals surface area contributed by atoms with E-state index in [0.29, 0.717) is 6.54 Å². The summed E-state index contributed by atoms with van der Waals surface area (Å²) in [5.41, 5.74) is 18.8. The Labute approximate surface area is 150 Å². The maximum atomic E-state index is 11.6. The fraction of sp³-hybridized carbons (Fsp3) is 0.429. The zero-order chi connectivity index (χ0) is 18.8. The van der Waals surface area contributed by atoms with Crippen molar-refractivity contribution < 1.29 is 4.79 Å². The maximum absolute atomic E-state index is 11.6. The summed E-state index contributed by atoms with van der Waals surface area (Å²) in [5.74, 6) is -0.357. The maximum Gasteiger partial charge on any atom is 0.221 e. The summed E-state index contributed by atoms with van der Waals surface area (Å²) in [4.78, 5) is 16.4. The first-order valence-corrected chi connectivity index (χ1v) is 8.69. The molecule has 134 valence electrons. The summed E-state index contributed by atoms with van der Waals surface area (Å²) in [7, 11) is 0. The molecule has 4 nitrogen and oxygen atoms in total. The van der Waals surface area contributed by atoms with E-state index in [1.807, 2.05) is 6.92 Å². The van der Waals surface area contributed by atoms with Gasteiger partial charge < -0.3 is 11.5 Å². The van der Waals surface area contributed by atoms with Crippen molar-refractivity contribution in [1.82, 2.24) is 4.98 Å². The van der Waals surface area contributed by atoms with Crippen LogP contribution in [0.2, 0.25) is 0 Å². The molecule has 0 spiro atoms. The number of aryl methyl sites for hydroxylation is 2. The number of aromatic nitrogens is 1. The highest BCUT2D eigenvalue weighted by atomic mass is 16.1. The van der Waals surface area contributed by atoms with Gasteiger partial charge in [0.15, 0.2) is 0 Å². The van der Waals surface area contributed by atoms with E-state index >= 15 is 0 Å². The molecule has 2 aromatic rings. The van der Waals surface area contributed by atoms with Crippen LogP contribution >= 0.6 is 0 Å². The van der Waals surface area contributed by atoms with Crippen LogP contribution in [0.3, 0.4) is 0 Å². The largest absolute Gasteiger partial charge is 0.369 e. The van der Waals surface area contributed by atoms with Gasteiger partial charge in [-0.2, -0.15) is 0 Å². The van der Waals surface area contributed by atoms with E-state index in [1.165, 1.54) is 5.56 Å². The zero-order valence-electron chi connectivity index (χ0n) is 15.9. The van der Waals surface area contributed by atoms with Gasteiger partial charge in [0.2, 0.25) is 5.91 Å². The molecule has 1 aromatic heterocycles. The molecule has 0 saturated carbocycles. The summed E-state index contributed by atoms with van der Waals surface area (Å²) in [6.45, 7) is 10.9. The van der Waals surface area contributed by atoms with Crippen molar-refractivity contribution >= 4 is 5.91 Å². The van der Waals surface area contributed by atoms with E-state index in [9.17, 15) is 4.79 Å². The summed E-state index contributed by atoms with van der Waals surface area (Å²) in [6, 6.07) is 8.30. The van der Waals surface area contributed by atoms with Crippen molar-refractivity contribution in [1.29, 1.82) is 0 Å². The monoisotopic (exact) mass is 339 g/mol. The van der Waals surface area contributed by atoms with Gasteiger partial charge in [0.25, 0.3) is 0 Å². The number of nitrogens with zero attached hydrogens (tertiary/aromatic N) is 1. The lowest BCUT2D eigenvalue weighted by atomic mass is 9.84. The summed E-state index contributed by atoms with van der Waals surface area (Å²) < 4.78 is 0. The summed E-state index contributed by atoms with van der Waals surface area (Å²) in [6.07, 6.45) is 1.00. The Morgan fingerprint density at radius 3 is 2.16 bits per heavy atom. The number of rotatable bonds is 5. The highest BCUT2D eigenvalue weighted by molar-refractivity contribution is 5.82. The van der Waals surface area contributed by atoms with Crippen LogP contribution in [0.15, 0.2) is 24.3 Å². The van der Waals surface area contributed by atoms with Crippen LogP contribution in [-0.2, 0) is 24.2 Å². The number of primary amides is 1. The third kappa shape index (κ3) is 4.67. The van der Waals surface area contributed by atoms with Gasteiger partial charge >= 0.3 is 0 Å². The number of nitrogens with two attached hydrogens (primary N) is 2. The molecule has 0 aliphatic heterocycles. The van der Waals surface area contributed by atoms with Gasteiger partial charge in [-0.3, -0.25) is 9.78 Å². The first-order chi connectivity index (χ1) is 11.6. The Kier molecular flexibility index (Phi) is 5.63. The highest BCUT2D eigenvalue weighted by Crippen LogP contribution is 2.34. The Morgan fingerprint density at radius 1 is 1.08 bits per heavy atom. The molecule has 4 heteroatoms. The molecule has 0 radical (unpaired) electrons. The summed E-state index contributed by atoms with van der Waals surface area (Å²) >= 11 is 0. The average molecular weight is 339 g/mol. The van der Waals surface area contributed by atoms with E-state index < -0.39 is 0 Å². The lowest BCUT2D eigenvalue weighted by Crippen LogP contribution is -2.20. The predicted molar refractivity (Wildman–Crippen MR) is 103 cm³/mol. The fourth-order valence-corrected chi connectivity index (χ4v) is 3.17. The lowest BCUT2D eigenvalue weighted by Gasteiger charge is -2.24. The van der Waals surface area contributed by atoms with E-state index in [1.54, 1.807) is 0 Å². The Bertz CT molecular complexity index is 771. The molecule has 1 aromatic carbocycles. The van der Waals surface area contributed by atoms with Crippen molar-refractivity contribution in [3.8, 4) is 11.1 Å². The number of carbonyl (C=O) groups is 1. The SMILES string of the molecule is Cc1ccc(-c2c(CC(N)=O)c(C)nc(CC(C)(C)C)c2CN)cc1. The Hall–Kier alpha value is -2.20. The van der Waals surface area contributed by atoms with E-state index in [0.717, 1.165) is 40.1 Å². The fourth-order valence-electron chi connectivity index (χ4n) is 3.17. The van der Waals surface area contributed by atoms with Gasteiger partial charge in [0.05, 0.1) is 6.42 Å². The number of amides is 1. The van der Waals surface area contributed by atoms with Crippen molar-refractivity contribution in [2.75, 3.05) is 0 Å². The van der Waals surface area contributed by atoms with Crippen LogP contribution in [0, 0.1) is 19.3 Å². The molecule has 1 amide bonds. The Morgan fingerprint density at radius 2 is 1.68 bits per heavy atom. The minimum Gasteiger partial charge on any atom is -0.369 e. The first kappa shape index (κ1) is 19.1. The third-order valence-electron chi connectivity index (χ3n) is 4.28. The lowest BCUT2D eigenvalue weighted by molar-refractivity contribution is -0.117.